The number of amides is 1. The highest BCUT2D eigenvalue weighted by molar-refractivity contribution is 6.10. The first kappa shape index (κ1) is 18.5. The minimum absolute atomic E-state index is 0.0578. The lowest BCUT2D eigenvalue weighted by atomic mass is 10.0. The van der Waals surface area contributed by atoms with Gasteiger partial charge in [0.15, 0.2) is 0 Å². The Hall–Kier alpha value is -3.85. The summed E-state index contributed by atoms with van der Waals surface area (Å²) in [5, 5.41) is 5.93. The summed E-state index contributed by atoms with van der Waals surface area (Å²) in [6, 6.07) is 11.4. The Labute approximate surface area is 168 Å². The van der Waals surface area contributed by atoms with Gasteiger partial charge in [0, 0.05) is 37.2 Å². The van der Waals surface area contributed by atoms with Crippen LogP contribution in [0.4, 0.5) is 5.82 Å². The molecule has 0 aliphatic heterocycles. The van der Waals surface area contributed by atoms with Crippen LogP contribution in [0, 0.1) is 19.3 Å². The van der Waals surface area contributed by atoms with E-state index in [4.69, 9.17) is 12.2 Å². The molecule has 144 valence electrons. The van der Waals surface area contributed by atoms with Gasteiger partial charge in [0.05, 0.1) is 22.6 Å². The van der Waals surface area contributed by atoms with Crippen molar-refractivity contribution in [1.82, 2.24) is 19.7 Å². The van der Waals surface area contributed by atoms with Crippen LogP contribution in [0.15, 0.2) is 42.6 Å². The maximum Gasteiger partial charge on any atom is 0.254 e. The highest BCUT2D eigenvalue weighted by Crippen LogP contribution is 2.30. The third kappa shape index (κ3) is 3.17. The molecule has 0 bridgehead atoms. The minimum Gasteiger partial charge on any atom is -0.383 e. The molecule has 0 spiro atoms. The molecule has 0 unspecified atom stereocenters. The molecule has 0 saturated carbocycles. The number of aryl methyl sites for hydroxylation is 2. The smallest absolute Gasteiger partial charge is 0.254 e. The zero-order chi connectivity index (χ0) is 20.7. The second-order valence-electron chi connectivity index (χ2n) is 7.21. The first-order valence-electron chi connectivity index (χ1n) is 9.21. The van der Waals surface area contributed by atoms with Gasteiger partial charge in [-0.3, -0.25) is 9.48 Å². The third-order valence-electron chi connectivity index (χ3n) is 5.17. The molecule has 1 amide bonds. The Morgan fingerprint density at radius 1 is 1.24 bits per heavy atom. The number of hydrogen-bond acceptors (Lipinski definition) is 4. The third-order valence-corrected chi connectivity index (χ3v) is 5.17. The fourth-order valence-electron chi connectivity index (χ4n) is 3.60. The Balaban J connectivity index is 1.74. The van der Waals surface area contributed by atoms with Crippen molar-refractivity contribution in [3.05, 3.63) is 64.8 Å². The first-order chi connectivity index (χ1) is 13.9. The molecule has 2 aromatic heterocycles. The molecule has 6 nitrogen and oxygen atoms in total. The molecule has 4 aromatic rings. The summed E-state index contributed by atoms with van der Waals surface area (Å²) in [4.78, 5) is 19.4. The van der Waals surface area contributed by atoms with Crippen molar-refractivity contribution in [2.24, 2.45) is 7.05 Å². The van der Waals surface area contributed by atoms with Crippen LogP contribution < -0.4 is 5.73 Å². The number of carbonyl (C=O) groups is 1. The van der Waals surface area contributed by atoms with E-state index in [9.17, 15) is 4.79 Å². The standard InChI is InChI=1S/C23H21N5O/c1-5-15-6-8-16(9-7-15)13-27(3)23(29)17-11-18-20(10-14(17)2)26-22(24)19-12-25-28(4)21(18)19/h1,6-12H,13H2,2-4H3,(H2,24,26). The van der Waals surface area contributed by atoms with Gasteiger partial charge >= 0.3 is 0 Å². The summed E-state index contributed by atoms with van der Waals surface area (Å²) in [6.07, 6.45) is 7.10. The molecular formula is C23H21N5O. The average Bonchev–Trinajstić information content (AvgIpc) is 3.10. The van der Waals surface area contributed by atoms with Gasteiger partial charge in [0.1, 0.15) is 5.82 Å². The number of aromatic nitrogens is 3. The lowest BCUT2D eigenvalue weighted by molar-refractivity contribution is 0.0784. The van der Waals surface area contributed by atoms with E-state index in [-0.39, 0.29) is 5.91 Å². The van der Waals surface area contributed by atoms with Crippen molar-refractivity contribution in [3.63, 3.8) is 0 Å². The Morgan fingerprint density at radius 3 is 2.66 bits per heavy atom. The lowest BCUT2D eigenvalue weighted by Crippen LogP contribution is -2.26. The minimum atomic E-state index is -0.0578. The molecule has 4 rings (SSSR count). The number of nitrogen functional groups attached to an aromatic ring is 1. The van der Waals surface area contributed by atoms with Crippen LogP contribution in [0.2, 0.25) is 0 Å². The zero-order valence-corrected chi connectivity index (χ0v) is 16.6. The fourth-order valence-corrected chi connectivity index (χ4v) is 3.60. The molecule has 6 heteroatoms. The number of hydrogen-bond donors (Lipinski definition) is 1. The molecule has 29 heavy (non-hydrogen) atoms. The molecule has 2 N–H and O–H groups in total. The maximum atomic E-state index is 13.2. The van der Waals surface area contributed by atoms with Gasteiger partial charge < -0.3 is 10.6 Å². The predicted molar refractivity (Wildman–Crippen MR) is 115 cm³/mol. The average molecular weight is 383 g/mol. The van der Waals surface area contributed by atoms with E-state index >= 15 is 0 Å². The van der Waals surface area contributed by atoms with Crippen molar-refractivity contribution < 1.29 is 4.79 Å². The molecule has 0 radical (unpaired) electrons. The monoisotopic (exact) mass is 383 g/mol. The number of anilines is 1. The summed E-state index contributed by atoms with van der Waals surface area (Å²) in [6.45, 7) is 2.40. The molecule has 0 fully saturated rings. The largest absolute Gasteiger partial charge is 0.383 e. The van der Waals surface area contributed by atoms with Crippen molar-refractivity contribution in [2.45, 2.75) is 13.5 Å². The van der Waals surface area contributed by atoms with Gasteiger partial charge in [0.25, 0.3) is 5.91 Å². The molecule has 2 heterocycles. The van der Waals surface area contributed by atoms with Gasteiger partial charge in [-0.1, -0.05) is 18.1 Å². The fraction of sp³-hybridized carbons (Fsp3) is 0.174. The molecule has 0 aliphatic rings. The number of fused-ring (bicyclic) bond motifs is 3. The van der Waals surface area contributed by atoms with Crippen LogP contribution in [0.1, 0.15) is 27.0 Å². The van der Waals surface area contributed by atoms with Crippen LogP contribution in [-0.2, 0) is 13.6 Å². The topological polar surface area (TPSA) is 77.0 Å². The van der Waals surface area contributed by atoms with Gasteiger partial charge in [0.2, 0.25) is 0 Å². The SMILES string of the molecule is C#Cc1ccc(CN(C)C(=O)c2cc3c(cc2C)nc(N)c2cnn(C)c23)cc1. The number of terminal acetylenes is 1. The van der Waals surface area contributed by atoms with E-state index in [1.165, 1.54) is 0 Å². The van der Waals surface area contributed by atoms with Crippen LogP contribution in [-0.4, -0.2) is 32.6 Å². The number of benzene rings is 2. The van der Waals surface area contributed by atoms with E-state index < -0.39 is 0 Å². The molecular weight excluding hydrogens is 362 g/mol. The molecule has 2 aromatic carbocycles. The van der Waals surface area contributed by atoms with Gasteiger partial charge in [-0.2, -0.15) is 5.10 Å². The number of nitrogens with zero attached hydrogens (tertiary/aromatic N) is 4. The quantitative estimate of drug-likeness (QED) is 0.551. The first-order valence-corrected chi connectivity index (χ1v) is 9.21. The zero-order valence-electron chi connectivity index (χ0n) is 16.6. The van der Waals surface area contributed by atoms with E-state index in [0.717, 1.165) is 38.5 Å². The highest BCUT2D eigenvalue weighted by atomic mass is 16.2. The van der Waals surface area contributed by atoms with Crippen LogP contribution in [0.3, 0.4) is 0 Å². The summed E-state index contributed by atoms with van der Waals surface area (Å²) in [5.74, 6) is 2.98. The number of carbonyl (C=O) groups excluding carboxylic acids is 1. The van der Waals surface area contributed by atoms with Crippen LogP contribution in [0.25, 0.3) is 21.8 Å². The Kier molecular flexibility index (Phi) is 4.44. The summed E-state index contributed by atoms with van der Waals surface area (Å²) < 4.78 is 1.76. The van der Waals surface area contributed by atoms with E-state index in [0.29, 0.717) is 17.9 Å². The predicted octanol–water partition coefficient (Wildman–Crippen LogP) is 3.27. The molecule has 0 saturated heterocycles. The maximum absolute atomic E-state index is 13.2. The lowest BCUT2D eigenvalue weighted by Gasteiger charge is -2.19. The second-order valence-corrected chi connectivity index (χ2v) is 7.21. The normalized spacial score (nSPS) is 11.0. The summed E-state index contributed by atoms with van der Waals surface area (Å²) in [5.41, 5.74) is 11.0. The van der Waals surface area contributed by atoms with Gasteiger partial charge in [-0.05, 0) is 42.3 Å². The number of nitrogens with two attached hydrogens (primary N) is 1. The van der Waals surface area contributed by atoms with Gasteiger partial charge in [-0.15, -0.1) is 6.42 Å². The Morgan fingerprint density at radius 2 is 1.97 bits per heavy atom. The highest BCUT2D eigenvalue weighted by Gasteiger charge is 2.18. The van der Waals surface area contributed by atoms with Crippen LogP contribution >= 0.6 is 0 Å². The second kappa shape index (κ2) is 6.95. The van der Waals surface area contributed by atoms with Crippen molar-refractivity contribution in [3.8, 4) is 12.3 Å². The van der Waals surface area contributed by atoms with Gasteiger partial charge in [-0.25, -0.2) is 4.98 Å². The number of pyridine rings is 1. The molecule has 0 aliphatic carbocycles. The van der Waals surface area contributed by atoms with Crippen molar-refractivity contribution >= 4 is 33.5 Å². The Bertz CT molecular complexity index is 1300. The van der Waals surface area contributed by atoms with Crippen molar-refractivity contribution in [1.29, 1.82) is 0 Å². The summed E-state index contributed by atoms with van der Waals surface area (Å²) >= 11 is 0. The van der Waals surface area contributed by atoms with E-state index in [2.05, 4.69) is 16.0 Å². The van der Waals surface area contributed by atoms with Crippen molar-refractivity contribution in [2.75, 3.05) is 12.8 Å². The van der Waals surface area contributed by atoms with E-state index in [1.807, 2.05) is 50.4 Å². The van der Waals surface area contributed by atoms with Crippen LogP contribution in [0.5, 0.6) is 0 Å². The van der Waals surface area contributed by atoms with E-state index in [1.54, 1.807) is 22.8 Å². The molecule has 0 atom stereocenters. The number of rotatable bonds is 3. The summed E-state index contributed by atoms with van der Waals surface area (Å²) in [7, 11) is 3.65.